The van der Waals surface area contributed by atoms with Crippen molar-refractivity contribution in [2.75, 3.05) is 16.8 Å². The van der Waals surface area contributed by atoms with E-state index in [9.17, 15) is 4.39 Å². The molecule has 4 rings (SSSR count). The zero-order chi connectivity index (χ0) is 18.8. The topological polar surface area (TPSA) is 41.1 Å². The standard InChI is InChI=1S/C22H23FN4/c1-3-19-13-21(27-11-10-16-6-4-5-7-17(16)14-27)26-22(24-19)25-20-9-8-18(23)12-15(20)2/h4-9,12-13H,3,10-11,14H2,1-2H3,(H,24,25,26). The summed E-state index contributed by atoms with van der Waals surface area (Å²) in [6.07, 6.45) is 1.85. The van der Waals surface area contributed by atoms with Crippen LogP contribution in [0.25, 0.3) is 0 Å². The first kappa shape index (κ1) is 17.5. The zero-order valence-electron chi connectivity index (χ0n) is 15.7. The monoisotopic (exact) mass is 362 g/mol. The van der Waals surface area contributed by atoms with Crippen molar-refractivity contribution in [3.05, 3.63) is 76.7 Å². The number of rotatable bonds is 4. The van der Waals surface area contributed by atoms with Gasteiger partial charge in [0, 0.05) is 30.5 Å². The Kier molecular flexibility index (Phi) is 4.75. The summed E-state index contributed by atoms with van der Waals surface area (Å²) in [6, 6.07) is 15.3. The molecule has 1 aliphatic rings. The van der Waals surface area contributed by atoms with Gasteiger partial charge in [-0.15, -0.1) is 0 Å². The number of hydrogen-bond donors (Lipinski definition) is 1. The lowest BCUT2D eigenvalue weighted by Gasteiger charge is -2.30. The predicted molar refractivity (Wildman–Crippen MR) is 107 cm³/mol. The van der Waals surface area contributed by atoms with Crippen molar-refractivity contribution < 1.29 is 4.39 Å². The summed E-state index contributed by atoms with van der Waals surface area (Å²) in [6.45, 7) is 5.75. The highest BCUT2D eigenvalue weighted by molar-refractivity contribution is 5.60. The van der Waals surface area contributed by atoms with Crippen LogP contribution in [0.15, 0.2) is 48.5 Å². The summed E-state index contributed by atoms with van der Waals surface area (Å²) in [5.41, 5.74) is 5.40. The zero-order valence-corrected chi connectivity index (χ0v) is 15.7. The molecule has 0 saturated carbocycles. The van der Waals surface area contributed by atoms with Crippen molar-refractivity contribution in [3.63, 3.8) is 0 Å². The molecule has 5 heteroatoms. The molecule has 0 spiro atoms. The van der Waals surface area contributed by atoms with Crippen LogP contribution in [0, 0.1) is 12.7 Å². The molecule has 1 N–H and O–H groups in total. The van der Waals surface area contributed by atoms with E-state index in [1.54, 1.807) is 6.07 Å². The van der Waals surface area contributed by atoms with Gasteiger partial charge >= 0.3 is 0 Å². The second-order valence-electron chi connectivity index (χ2n) is 6.92. The maximum atomic E-state index is 13.4. The van der Waals surface area contributed by atoms with Gasteiger partial charge in [0.1, 0.15) is 11.6 Å². The van der Waals surface area contributed by atoms with Gasteiger partial charge in [-0.3, -0.25) is 0 Å². The summed E-state index contributed by atoms with van der Waals surface area (Å²) in [4.78, 5) is 11.7. The average Bonchev–Trinajstić information content (AvgIpc) is 2.69. The molecule has 2 aromatic carbocycles. The quantitative estimate of drug-likeness (QED) is 0.724. The van der Waals surface area contributed by atoms with Gasteiger partial charge < -0.3 is 10.2 Å². The minimum absolute atomic E-state index is 0.242. The fourth-order valence-electron chi connectivity index (χ4n) is 3.46. The molecule has 0 radical (unpaired) electrons. The summed E-state index contributed by atoms with van der Waals surface area (Å²) >= 11 is 0. The van der Waals surface area contributed by atoms with Gasteiger partial charge in [-0.2, -0.15) is 4.98 Å². The van der Waals surface area contributed by atoms with E-state index in [0.717, 1.165) is 48.7 Å². The molecule has 0 fully saturated rings. The number of halogens is 1. The molecule has 1 aromatic heterocycles. The van der Waals surface area contributed by atoms with E-state index in [2.05, 4.69) is 52.5 Å². The molecule has 1 aliphatic heterocycles. The molecule has 3 aromatic rings. The average molecular weight is 362 g/mol. The molecule has 0 saturated heterocycles. The molecule has 27 heavy (non-hydrogen) atoms. The lowest BCUT2D eigenvalue weighted by atomic mass is 10.00. The number of hydrogen-bond acceptors (Lipinski definition) is 4. The van der Waals surface area contributed by atoms with Crippen LogP contribution >= 0.6 is 0 Å². The summed E-state index contributed by atoms with van der Waals surface area (Å²) in [5.74, 6) is 1.24. The molecule has 0 amide bonds. The second kappa shape index (κ2) is 7.35. The summed E-state index contributed by atoms with van der Waals surface area (Å²) in [5, 5.41) is 3.26. The van der Waals surface area contributed by atoms with Gasteiger partial charge in [-0.05, 0) is 54.7 Å². The Hall–Kier alpha value is -2.95. The van der Waals surface area contributed by atoms with Crippen LogP contribution < -0.4 is 10.2 Å². The molecule has 0 bridgehead atoms. The highest BCUT2D eigenvalue weighted by Gasteiger charge is 2.18. The van der Waals surface area contributed by atoms with Crippen molar-refractivity contribution in [3.8, 4) is 0 Å². The number of anilines is 3. The minimum atomic E-state index is -0.242. The third kappa shape index (κ3) is 3.77. The van der Waals surface area contributed by atoms with Crippen LogP contribution in [0.4, 0.5) is 21.8 Å². The van der Waals surface area contributed by atoms with E-state index in [1.165, 1.54) is 23.3 Å². The first-order valence-electron chi connectivity index (χ1n) is 9.35. The van der Waals surface area contributed by atoms with E-state index in [-0.39, 0.29) is 5.82 Å². The van der Waals surface area contributed by atoms with E-state index in [4.69, 9.17) is 4.98 Å². The highest BCUT2D eigenvalue weighted by atomic mass is 19.1. The van der Waals surface area contributed by atoms with Crippen molar-refractivity contribution in [1.29, 1.82) is 0 Å². The third-order valence-corrected chi connectivity index (χ3v) is 5.02. The number of nitrogens with one attached hydrogen (secondary N) is 1. The number of aryl methyl sites for hydroxylation is 2. The number of aromatic nitrogens is 2. The SMILES string of the molecule is CCc1cc(N2CCc3ccccc3C2)nc(Nc2ccc(F)cc2C)n1. The maximum absolute atomic E-state index is 13.4. The highest BCUT2D eigenvalue weighted by Crippen LogP contribution is 2.26. The van der Waals surface area contributed by atoms with Crippen molar-refractivity contribution in [1.82, 2.24) is 9.97 Å². The van der Waals surface area contributed by atoms with Crippen LogP contribution in [0.2, 0.25) is 0 Å². The molecule has 138 valence electrons. The third-order valence-electron chi connectivity index (χ3n) is 5.02. The molecule has 2 heterocycles. The molecular weight excluding hydrogens is 339 g/mol. The minimum Gasteiger partial charge on any atom is -0.352 e. The number of nitrogens with zero attached hydrogens (tertiary/aromatic N) is 3. The summed E-state index contributed by atoms with van der Waals surface area (Å²) < 4.78 is 13.4. The van der Waals surface area contributed by atoms with Crippen LogP contribution in [0.3, 0.4) is 0 Å². The van der Waals surface area contributed by atoms with Gasteiger partial charge in [-0.25, -0.2) is 9.37 Å². The number of benzene rings is 2. The Morgan fingerprint density at radius 1 is 1.07 bits per heavy atom. The lowest BCUT2D eigenvalue weighted by molar-refractivity contribution is 0.627. The first-order chi connectivity index (χ1) is 13.1. The van der Waals surface area contributed by atoms with Crippen molar-refractivity contribution >= 4 is 17.5 Å². The molecule has 0 aliphatic carbocycles. The van der Waals surface area contributed by atoms with Crippen LogP contribution in [-0.4, -0.2) is 16.5 Å². The van der Waals surface area contributed by atoms with Gasteiger partial charge in [-0.1, -0.05) is 31.2 Å². The molecule has 0 atom stereocenters. The number of fused-ring (bicyclic) bond motifs is 1. The van der Waals surface area contributed by atoms with Crippen molar-refractivity contribution in [2.24, 2.45) is 0 Å². The fourth-order valence-corrected chi connectivity index (χ4v) is 3.46. The molecule has 4 nitrogen and oxygen atoms in total. The Morgan fingerprint density at radius 3 is 2.67 bits per heavy atom. The van der Waals surface area contributed by atoms with Crippen molar-refractivity contribution in [2.45, 2.75) is 33.2 Å². The van der Waals surface area contributed by atoms with E-state index >= 15 is 0 Å². The maximum Gasteiger partial charge on any atom is 0.229 e. The lowest BCUT2D eigenvalue weighted by Crippen LogP contribution is -2.31. The Labute approximate surface area is 159 Å². The van der Waals surface area contributed by atoms with Crippen LogP contribution in [0.5, 0.6) is 0 Å². The van der Waals surface area contributed by atoms with E-state index in [0.29, 0.717) is 5.95 Å². The molecular formula is C22H23FN4. The van der Waals surface area contributed by atoms with Gasteiger partial charge in [0.25, 0.3) is 0 Å². The van der Waals surface area contributed by atoms with Gasteiger partial charge in [0.2, 0.25) is 5.95 Å². The first-order valence-corrected chi connectivity index (χ1v) is 9.35. The second-order valence-corrected chi connectivity index (χ2v) is 6.92. The van der Waals surface area contributed by atoms with Crippen LogP contribution in [0.1, 0.15) is 29.3 Å². The molecule has 0 unspecified atom stereocenters. The van der Waals surface area contributed by atoms with Gasteiger partial charge in [0.05, 0.1) is 0 Å². The van der Waals surface area contributed by atoms with Gasteiger partial charge in [0.15, 0.2) is 0 Å². The smallest absolute Gasteiger partial charge is 0.229 e. The van der Waals surface area contributed by atoms with Crippen LogP contribution in [-0.2, 0) is 19.4 Å². The largest absolute Gasteiger partial charge is 0.352 e. The Morgan fingerprint density at radius 2 is 1.89 bits per heavy atom. The Balaban J connectivity index is 1.63. The van der Waals surface area contributed by atoms with E-state index in [1.807, 2.05) is 6.92 Å². The Bertz CT molecular complexity index is 970. The predicted octanol–water partition coefficient (Wildman–Crippen LogP) is 4.79. The fraction of sp³-hybridized carbons (Fsp3) is 0.273. The summed E-state index contributed by atoms with van der Waals surface area (Å²) in [7, 11) is 0. The van der Waals surface area contributed by atoms with E-state index < -0.39 is 0 Å². The normalized spacial score (nSPS) is 13.4.